The van der Waals surface area contributed by atoms with Gasteiger partial charge in [0.15, 0.2) is 5.11 Å². The monoisotopic (exact) mass is 301 g/mol. The average Bonchev–Trinajstić information content (AvgIpc) is 2.27. The van der Waals surface area contributed by atoms with E-state index in [2.05, 4.69) is 32.1 Å². The van der Waals surface area contributed by atoms with Crippen LogP contribution in [0.1, 0.15) is 17.3 Å². The third-order valence-corrected chi connectivity index (χ3v) is 2.68. The minimum atomic E-state index is -0.243. The van der Waals surface area contributed by atoms with Gasteiger partial charge in [-0.15, -0.1) is 0 Å². The van der Waals surface area contributed by atoms with E-state index in [1.54, 1.807) is 18.2 Å². The van der Waals surface area contributed by atoms with E-state index in [4.69, 9.17) is 12.2 Å². The van der Waals surface area contributed by atoms with Gasteiger partial charge in [-0.1, -0.05) is 12.1 Å². The maximum atomic E-state index is 11.7. The quantitative estimate of drug-likeness (QED) is 0.573. The van der Waals surface area contributed by atoms with E-state index in [1.165, 1.54) is 0 Å². The van der Waals surface area contributed by atoms with E-state index < -0.39 is 0 Å². The summed E-state index contributed by atoms with van der Waals surface area (Å²) in [5.41, 5.74) is 5.66. The van der Waals surface area contributed by atoms with Crippen LogP contribution in [0.2, 0.25) is 0 Å². The van der Waals surface area contributed by atoms with Crippen LogP contribution in [0, 0.1) is 0 Å². The van der Waals surface area contributed by atoms with Gasteiger partial charge in [-0.25, -0.2) is 0 Å². The molecule has 0 atom stereocenters. The van der Waals surface area contributed by atoms with E-state index in [9.17, 15) is 4.79 Å². The molecule has 0 bridgehead atoms. The van der Waals surface area contributed by atoms with Gasteiger partial charge in [-0.2, -0.15) is 0 Å². The molecular formula is C10H12BrN3OS. The first-order valence-corrected chi connectivity index (χ1v) is 5.94. The van der Waals surface area contributed by atoms with Crippen LogP contribution in [0.3, 0.4) is 0 Å². The van der Waals surface area contributed by atoms with Gasteiger partial charge >= 0.3 is 0 Å². The molecule has 1 aromatic rings. The van der Waals surface area contributed by atoms with Gasteiger partial charge < -0.3 is 5.32 Å². The summed E-state index contributed by atoms with van der Waals surface area (Å²) < 4.78 is 0.740. The highest BCUT2D eigenvalue weighted by Crippen LogP contribution is 2.14. The lowest BCUT2D eigenvalue weighted by atomic mass is 10.2. The summed E-state index contributed by atoms with van der Waals surface area (Å²) in [5.74, 6) is -0.243. The highest BCUT2D eigenvalue weighted by atomic mass is 79.9. The van der Waals surface area contributed by atoms with Crippen molar-refractivity contribution in [3.05, 3.63) is 34.3 Å². The third-order valence-electron chi connectivity index (χ3n) is 1.75. The predicted octanol–water partition coefficient (Wildman–Crippen LogP) is 1.58. The van der Waals surface area contributed by atoms with Gasteiger partial charge in [0.05, 0.1) is 5.56 Å². The second-order valence-corrected chi connectivity index (χ2v) is 4.18. The van der Waals surface area contributed by atoms with Gasteiger partial charge in [-0.3, -0.25) is 15.6 Å². The summed E-state index contributed by atoms with van der Waals surface area (Å²) in [6.07, 6.45) is 0. The highest BCUT2D eigenvalue weighted by Gasteiger charge is 2.08. The summed E-state index contributed by atoms with van der Waals surface area (Å²) in [6.45, 7) is 2.63. The predicted molar refractivity (Wildman–Crippen MR) is 71.0 cm³/mol. The van der Waals surface area contributed by atoms with Crippen molar-refractivity contribution in [1.82, 2.24) is 16.2 Å². The molecule has 0 saturated heterocycles. The smallest absolute Gasteiger partial charge is 0.270 e. The first-order valence-electron chi connectivity index (χ1n) is 4.74. The van der Waals surface area contributed by atoms with Gasteiger partial charge in [0.1, 0.15) is 0 Å². The molecule has 4 nitrogen and oxygen atoms in total. The number of amides is 1. The Bertz CT molecular complexity index is 397. The van der Waals surface area contributed by atoms with Gasteiger partial charge in [-0.05, 0) is 47.2 Å². The van der Waals surface area contributed by atoms with Crippen LogP contribution in [-0.2, 0) is 0 Å². The standard InChI is InChI=1S/C10H12BrN3OS/c1-2-12-10(16)14-13-9(15)7-5-3-4-6-8(7)11/h3-6H,2H2,1H3,(H,13,15)(H2,12,14,16). The minimum absolute atomic E-state index is 0.243. The summed E-state index contributed by atoms with van der Waals surface area (Å²) in [6, 6.07) is 7.16. The number of carbonyl (C=O) groups excluding carboxylic acids is 1. The Morgan fingerprint density at radius 2 is 2.06 bits per heavy atom. The molecule has 0 fully saturated rings. The first-order chi connectivity index (χ1) is 7.65. The maximum absolute atomic E-state index is 11.7. The lowest BCUT2D eigenvalue weighted by molar-refractivity contribution is 0.0943. The van der Waals surface area contributed by atoms with Crippen molar-refractivity contribution in [3.63, 3.8) is 0 Å². The topological polar surface area (TPSA) is 53.2 Å². The minimum Gasteiger partial charge on any atom is -0.362 e. The molecule has 0 aliphatic rings. The largest absolute Gasteiger partial charge is 0.362 e. The molecule has 0 aromatic heterocycles. The zero-order valence-corrected chi connectivity index (χ0v) is 11.1. The molecule has 16 heavy (non-hydrogen) atoms. The van der Waals surface area contributed by atoms with Crippen molar-refractivity contribution in [1.29, 1.82) is 0 Å². The molecule has 86 valence electrons. The number of carbonyl (C=O) groups is 1. The average molecular weight is 302 g/mol. The first kappa shape index (κ1) is 12.9. The van der Waals surface area contributed by atoms with Gasteiger partial charge in [0.25, 0.3) is 5.91 Å². The molecule has 0 spiro atoms. The molecule has 1 rings (SSSR count). The third kappa shape index (κ3) is 3.79. The molecule has 6 heteroatoms. The van der Waals surface area contributed by atoms with Crippen LogP contribution in [0.5, 0.6) is 0 Å². The lowest BCUT2D eigenvalue weighted by Crippen LogP contribution is -2.46. The molecule has 1 amide bonds. The van der Waals surface area contributed by atoms with Crippen molar-refractivity contribution in [2.24, 2.45) is 0 Å². The Balaban J connectivity index is 2.54. The Kier molecular flexibility index (Phi) is 5.21. The Morgan fingerprint density at radius 3 is 2.69 bits per heavy atom. The van der Waals surface area contributed by atoms with Crippen LogP contribution in [0.15, 0.2) is 28.7 Å². The zero-order valence-electron chi connectivity index (χ0n) is 8.71. The fourth-order valence-electron chi connectivity index (χ4n) is 1.03. The summed E-state index contributed by atoms with van der Waals surface area (Å²) in [7, 11) is 0. The summed E-state index contributed by atoms with van der Waals surface area (Å²) in [5, 5.41) is 3.25. The number of nitrogens with one attached hydrogen (secondary N) is 3. The van der Waals surface area contributed by atoms with Crippen molar-refractivity contribution in [2.45, 2.75) is 6.92 Å². The van der Waals surface area contributed by atoms with E-state index in [0.29, 0.717) is 17.2 Å². The molecule has 1 aromatic carbocycles. The van der Waals surface area contributed by atoms with Crippen LogP contribution in [0.25, 0.3) is 0 Å². The van der Waals surface area contributed by atoms with Crippen LogP contribution in [0.4, 0.5) is 0 Å². The second kappa shape index (κ2) is 6.44. The summed E-state index contributed by atoms with van der Waals surface area (Å²) >= 11 is 8.20. The fourth-order valence-corrected chi connectivity index (χ4v) is 1.69. The normalized spacial score (nSPS) is 9.38. The number of hydrogen-bond donors (Lipinski definition) is 3. The second-order valence-electron chi connectivity index (χ2n) is 2.92. The van der Waals surface area contributed by atoms with Crippen molar-refractivity contribution in [2.75, 3.05) is 6.54 Å². The number of thiocarbonyl (C=S) groups is 1. The van der Waals surface area contributed by atoms with E-state index in [-0.39, 0.29) is 5.91 Å². The number of hydrogen-bond acceptors (Lipinski definition) is 2. The Labute approximate surface area is 108 Å². The molecular weight excluding hydrogens is 290 g/mol. The lowest BCUT2D eigenvalue weighted by Gasteiger charge is -2.10. The van der Waals surface area contributed by atoms with Gasteiger partial charge in [0, 0.05) is 11.0 Å². The number of hydrazine groups is 1. The van der Waals surface area contributed by atoms with Crippen LogP contribution in [-0.4, -0.2) is 17.6 Å². The molecule has 3 N–H and O–H groups in total. The van der Waals surface area contributed by atoms with Crippen LogP contribution >= 0.6 is 28.1 Å². The molecule has 0 radical (unpaired) electrons. The molecule has 0 saturated carbocycles. The summed E-state index contributed by atoms with van der Waals surface area (Å²) in [4.78, 5) is 11.7. The van der Waals surface area contributed by atoms with Crippen molar-refractivity contribution in [3.8, 4) is 0 Å². The van der Waals surface area contributed by atoms with Gasteiger partial charge in [0.2, 0.25) is 0 Å². The number of halogens is 1. The van der Waals surface area contributed by atoms with Crippen molar-refractivity contribution < 1.29 is 4.79 Å². The van der Waals surface area contributed by atoms with E-state index in [1.807, 2.05) is 13.0 Å². The molecule has 0 heterocycles. The number of benzene rings is 1. The molecule has 0 unspecified atom stereocenters. The number of rotatable bonds is 2. The SMILES string of the molecule is CCNC(=S)NNC(=O)c1ccccc1Br. The maximum Gasteiger partial charge on any atom is 0.270 e. The zero-order chi connectivity index (χ0) is 12.0. The van der Waals surface area contributed by atoms with Crippen LogP contribution < -0.4 is 16.2 Å². The Morgan fingerprint density at radius 1 is 1.38 bits per heavy atom. The fraction of sp³-hybridized carbons (Fsp3) is 0.200. The molecule has 0 aliphatic carbocycles. The van der Waals surface area contributed by atoms with Crippen molar-refractivity contribution >= 4 is 39.2 Å². The van der Waals surface area contributed by atoms with E-state index >= 15 is 0 Å². The van der Waals surface area contributed by atoms with E-state index in [0.717, 1.165) is 4.47 Å². The highest BCUT2D eigenvalue weighted by molar-refractivity contribution is 9.10. The Hall–Kier alpha value is -1.14. The molecule has 0 aliphatic heterocycles.